The molecule has 0 atom stereocenters. The highest BCUT2D eigenvalue weighted by atomic mass is 16.1. The zero-order valence-corrected chi connectivity index (χ0v) is 14.5. The summed E-state index contributed by atoms with van der Waals surface area (Å²) < 4.78 is 0. The molecule has 0 saturated carbocycles. The zero-order chi connectivity index (χ0) is 18.5. The molecule has 2 aromatic rings. The Balaban J connectivity index is 1.78. The number of hydrogen-bond acceptors (Lipinski definition) is 4. The average molecular weight is 345 g/mol. The van der Waals surface area contributed by atoms with Gasteiger partial charge in [-0.15, -0.1) is 0 Å². The summed E-state index contributed by atoms with van der Waals surface area (Å²) in [6.07, 6.45) is 3.58. The standard InChI is InChI=1S/C21H19N3O2/c1-15(25)16-8-10-19(11-9-16)23-21(26)18(13-22)14-24-12-4-6-17-5-2-3-7-20(17)24/h2-3,5,7-11,14H,4,6,12H2,1H3,(H,23,26)/b18-14-. The molecule has 1 aliphatic heterocycles. The summed E-state index contributed by atoms with van der Waals surface area (Å²) in [5, 5.41) is 12.1. The van der Waals surface area contributed by atoms with E-state index >= 15 is 0 Å². The SMILES string of the molecule is CC(=O)c1ccc(NC(=O)/C(C#N)=C\N2CCCc3ccccc32)cc1. The third-order valence-corrected chi connectivity index (χ3v) is 4.35. The number of carbonyl (C=O) groups excluding carboxylic acids is 2. The topological polar surface area (TPSA) is 73.2 Å². The molecular formula is C21H19N3O2. The van der Waals surface area contributed by atoms with Crippen LogP contribution in [0.4, 0.5) is 11.4 Å². The van der Waals surface area contributed by atoms with Gasteiger partial charge in [0.25, 0.3) is 5.91 Å². The molecule has 0 saturated heterocycles. The third kappa shape index (κ3) is 3.81. The lowest BCUT2D eigenvalue weighted by atomic mass is 10.0. The summed E-state index contributed by atoms with van der Waals surface area (Å²) in [5.41, 5.74) is 3.40. The van der Waals surface area contributed by atoms with Crippen molar-refractivity contribution in [1.82, 2.24) is 0 Å². The number of hydrogen-bond donors (Lipinski definition) is 1. The second-order valence-electron chi connectivity index (χ2n) is 6.17. The molecular weight excluding hydrogens is 326 g/mol. The molecule has 0 unspecified atom stereocenters. The van der Waals surface area contributed by atoms with Crippen LogP contribution in [0.15, 0.2) is 60.3 Å². The molecule has 3 rings (SSSR count). The van der Waals surface area contributed by atoms with Gasteiger partial charge >= 0.3 is 0 Å². The maximum atomic E-state index is 12.5. The van der Waals surface area contributed by atoms with Crippen molar-refractivity contribution in [2.45, 2.75) is 19.8 Å². The third-order valence-electron chi connectivity index (χ3n) is 4.35. The van der Waals surface area contributed by atoms with Crippen LogP contribution in [0.3, 0.4) is 0 Å². The van der Waals surface area contributed by atoms with Gasteiger partial charge in [-0.25, -0.2) is 0 Å². The Labute approximate surface area is 152 Å². The molecule has 5 nitrogen and oxygen atoms in total. The monoisotopic (exact) mass is 345 g/mol. The van der Waals surface area contributed by atoms with Gasteiger partial charge in [0.05, 0.1) is 0 Å². The van der Waals surface area contributed by atoms with Crippen molar-refractivity contribution in [3.63, 3.8) is 0 Å². The van der Waals surface area contributed by atoms with Crippen LogP contribution in [0.25, 0.3) is 0 Å². The number of ketones is 1. The summed E-state index contributed by atoms with van der Waals surface area (Å²) in [7, 11) is 0. The highest BCUT2D eigenvalue weighted by Crippen LogP contribution is 2.27. The van der Waals surface area contributed by atoms with Gasteiger partial charge in [0.2, 0.25) is 0 Å². The van der Waals surface area contributed by atoms with Crippen LogP contribution in [0.5, 0.6) is 0 Å². The Bertz CT molecular complexity index is 908. The lowest BCUT2D eigenvalue weighted by Crippen LogP contribution is -2.26. The molecule has 0 spiro atoms. The number of nitrogens with one attached hydrogen (secondary N) is 1. The van der Waals surface area contributed by atoms with Crippen LogP contribution < -0.4 is 10.2 Å². The van der Waals surface area contributed by atoms with E-state index in [0.29, 0.717) is 11.3 Å². The number of para-hydroxylation sites is 1. The molecule has 5 heteroatoms. The number of Topliss-reactive ketones (excluding diaryl/α,β-unsaturated/α-hetero) is 1. The van der Waals surface area contributed by atoms with Crippen molar-refractivity contribution in [3.05, 3.63) is 71.4 Å². The minimum Gasteiger partial charge on any atom is -0.346 e. The number of anilines is 2. The smallest absolute Gasteiger partial charge is 0.267 e. The second-order valence-corrected chi connectivity index (χ2v) is 6.17. The Morgan fingerprint density at radius 1 is 1.15 bits per heavy atom. The normalized spacial score (nSPS) is 13.5. The molecule has 0 aromatic heterocycles. The van der Waals surface area contributed by atoms with Gasteiger partial charge in [-0.05, 0) is 55.7 Å². The molecule has 1 aliphatic rings. The first-order valence-corrected chi connectivity index (χ1v) is 8.47. The molecule has 2 aromatic carbocycles. The highest BCUT2D eigenvalue weighted by molar-refractivity contribution is 6.07. The van der Waals surface area contributed by atoms with E-state index in [2.05, 4.69) is 11.4 Å². The molecule has 1 heterocycles. The van der Waals surface area contributed by atoms with Gasteiger partial charge in [0.1, 0.15) is 11.6 Å². The molecule has 1 amide bonds. The quantitative estimate of drug-likeness (QED) is 0.521. The van der Waals surface area contributed by atoms with E-state index in [1.165, 1.54) is 12.5 Å². The maximum absolute atomic E-state index is 12.5. The molecule has 130 valence electrons. The Morgan fingerprint density at radius 2 is 1.88 bits per heavy atom. The van der Waals surface area contributed by atoms with Crippen LogP contribution in [0.2, 0.25) is 0 Å². The number of aryl methyl sites for hydroxylation is 1. The number of fused-ring (bicyclic) bond motifs is 1. The Morgan fingerprint density at radius 3 is 2.58 bits per heavy atom. The van der Waals surface area contributed by atoms with Gasteiger partial charge in [0.15, 0.2) is 5.78 Å². The first kappa shape index (κ1) is 17.4. The summed E-state index contributed by atoms with van der Waals surface area (Å²) in [5.74, 6) is -0.504. The van der Waals surface area contributed by atoms with Crippen molar-refractivity contribution >= 4 is 23.1 Å². The highest BCUT2D eigenvalue weighted by Gasteiger charge is 2.17. The van der Waals surface area contributed by atoms with Crippen LogP contribution in [0, 0.1) is 11.3 Å². The summed E-state index contributed by atoms with van der Waals surface area (Å²) in [6.45, 7) is 2.25. The first-order chi connectivity index (χ1) is 12.6. The minimum atomic E-state index is -0.467. The minimum absolute atomic E-state index is 0.0377. The van der Waals surface area contributed by atoms with Crippen molar-refractivity contribution in [3.8, 4) is 6.07 Å². The second kappa shape index (κ2) is 7.66. The van der Waals surface area contributed by atoms with Gasteiger partial charge in [-0.2, -0.15) is 5.26 Å². The van der Waals surface area contributed by atoms with E-state index < -0.39 is 5.91 Å². The largest absolute Gasteiger partial charge is 0.346 e. The summed E-state index contributed by atoms with van der Waals surface area (Å²) in [6, 6.07) is 16.6. The van der Waals surface area contributed by atoms with Gasteiger partial charge in [-0.1, -0.05) is 18.2 Å². The van der Waals surface area contributed by atoms with E-state index in [1.54, 1.807) is 30.5 Å². The number of nitrogens with zero attached hydrogens (tertiary/aromatic N) is 2. The van der Waals surface area contributed by atoms with Crippen LogP contribution in [0.1, 0.15) is 29.3 Å². The van der Waals surface area contributed by atoms with Crippen LogP contribution in [-0.2, 0) is 11.2 Å². The molecule has 1 N–H and O–H groups in total. The maximum Gasteiger partial charge on any atom is 0.267 e. The number of carbonyl (C=O) groups is 2. The number of rotatable bonds is 4. The number of amides is 1. The Kier molecular flexibility index (Phi) is 5.14. The summed E-state index contributed by atoms with van der Waals surface area (Å²) >= 11 is 0. The number of nitriles is 1. The van der Waals surface area contributed by atoms with Crippen molar-refractivity contribution in [1.29, 1.82) is 5.26 Å². The van der Waals surface area contributed by atoms with Gasteiger partial charge in [0, 0.05) is 29.7 Å². The fourth-order valence-electron chi connectivity index (χ4n) is 2.98. The zero-order valence-electron chi connectivity index (χ0n) is 14.5. The predicted molar refractivity (Wildman–Crippen MR) is 101 cm³/mol. The fourth-order valence-corrected chi connectivity index (χ4v) is 2.98. The van der Waals surface area contributed by atoms with Crippen LogP contribution in [-0.4, -0.2) is 18.2 Å². The fraction of sp³-hybridized carbons (Fsp3) is 0.190. The van der Waals surface area contributed by atoms with E-state index in [-0.39, 0.29) is 11.4 Å². The summed E-state index contributed by atoms with van der Waals surface area (Å²) in [4.78, 5) is 25.7. The molecule has 0 bridgehead atoms. The number of benzene rings is 2. The predicted octanol–water partition coefficient (Wildman–Crippen LogP) is 3.69. The first-order valence-electron chi connectivity index (χ1n) is 8.47. The molecule has 26 heavy (non-hydrogen) atoms. The van der Waals surface area contributed by atoms with E-state index in [9.17, 15) is 14.9 Å². The van der Waals surface area contributed by atoms with E-state index in [1.807, 2.05) is 29.2 Å². The average Bonchev–Trinajstić information content (AvgIpc) is 2.66. The molecule has 0 aliphatic carbocycles. The van der Waals surface area contributed by atoms with E-state index in [0.717, 1.165) is 25.1 Å². The van der Waals surface area contributed by atoms with Crippen molar-refractivity contribution < 1.29 is 9.59 Å². The van der Waals surface area contributed by atoms with Gasteiger partial charge < -0.3 is 10.2 Å². The molecule has 0 radical (unpaired) electrons. The Hall–Kier alpha value is -3.39. The van der Waals surface area contributed by atoms with Crippen molar-refractivity contribution in [2.75, 3.05) is 16.8 Å². The lowest BCUT2D eigenvalue weighted by molar-refractivity contribution is -0.112. The van der Waals surface area contributed by atoms with E-state index in [4.69, 9.17) is 0 Å². The molecule has 0 fully saturated rings. The van der Waals surface area contributed by atoms with Gasteiger partial charge in [-0.3, -0.25) is 9.59 Å². The van der Waals surface area contributed by atoms with Crippen molar-refractivity contribution in [2.24, 2.45) is 0 Å². The lowest BCUT2D eigenvalue weighted by Gasteiger charge is -2.28. The van der Waals surface area contributed by atoms with Crippen LogP contribution >= 0.6 is 0 Å².